The number of aromatic nitrogens is 6. The first-order valence-electron chi connectivity index (χ1n) is 9.45. The molecule has 0 bridgehead atoms. The second kappa shape index (κ2) is 6.30. The van der Waals surface area contributed by atoms with Crippen molar-refractivity contribution in [3.63, 3.8) is 0 Å². The van der Waals surface area contributed by atoms with Crippen LogP contribution in [0, 0.1) is 12.8 Å². The maximum Gasteiger partial charge on any atom is 0.140 e. The van der Waals surface area contributed by atoms with Crippen molar-refractivity contribution >= 4 is 10.9 Å². The Labute approximate surface area is 157 Å². The van der Waals surface area contributed by atoms with Gasteiger partial charge in [-0.05, 0) is 43.4 Å². The highest BCUT2D eigenvalue weighted by Gasteiger charge is 2.33. The number of benzene rings is 1. The maximum absolute atomic E-state index is 4.57. The molecule has 1 saturated carbocycles. The summed E-state index contributed by atoms with van der Waals surface area (Å²) in [6, 6.07) is 10.8. The first-order valence-corrected chi connectivity index (χ1v) is 9.45. The van der Waals surface area contributed by atoms with Crippen LogP contribution < -0.4 is 0 Å². The zero-order valence-corrected chi connectivity index (χ0v) is 15.6. The third-order valence-corrected chi connectivity index (χ3v) is 5.75. The van der Waals surface area contributed by atoms with Crippen LogP contribution in [0.25, 0.3) is 22.2 Å². The molecule has 3 aromatic heterocycles. The fourth-order valence-corrected chi connectivity index (χ4v) is 4.10. The Kier molecular flexibility index (Phi) is 3.77. The molecule has 1 aliphatic rings. The summed E-state index contributed by atoms with van der Waals surface area (Å²) < 4.78 is 2.05. The van der Waals surface area contributed by atoms with Gasteiger partial charge in [0.15, 0.2) is 0 Å². The van der Waals surface area contributed by atoms with E-state index >= 15 is 0 Å². The highest BCUT2D eigenvalue weighted by molar-refractivity contribution is 5.92. The Morgan fingerprint density at radius 1 is 1.22 bits per heavy atom. The highest BCUT2D eigenvalue weighted by atomic mass is 15.2. The van der Waals surface area contributed by atoms with Crippen LogP contribution in [0.5, 0.6) is 0 Å². The smallest absolute Gasteiger partial charge is 0.140 e. The van der Waals surface area contributed by atoms with Crippen molar-refractivity contribution in [3.8, 4) is 11.3 Å². The summed E-state index contributed by atoms with van der Waals surface area (Å²) in [6.45, 7) is 2.01. The van der Waals surface area contributed by atoms with Gasteiger partial charge < -0.3 is 4.57 Å². The third kappa shape index (κ3) is 2.72. The van der Waals surface area contributed by atoms with Gasteiger partial charge in [0.2, 0.25) is 0 Å². The number of hydrogen-bond donors (Lipinski definition) is 1. The van der Waals surface area contributed by atoms with E-state index < -0.39 is 0 Å². The monoisotopic (exact) mass is 358 g/mol. The molecule has 1 atom stereocenters. The van der Waals surface area contributed by atoms with Crippen molar-refractivity contribution in [3.05, 3.63) is 59.9 Å². The lowest BCUT2D eigenvalue weighted by atomic mass is 9.72. The average molecular weight is 358 g/mol. The molecule has 0 amide bonds. The summed E-state index contributed by atoms with van der Waals surface area (Å²) in [5.41, 5.74) is 5.34. The molecule has 0 unspecified atom stereocenters. The fraction of sp³-hybridized carbons (Fsp3) is 0.333. The maximum atomic E-state index is 4.57. The van der Waals surface area contributed by atoms with Crippen molar-refractivity contribution in [2.45, 2.75) is 32.1 Å². The van der Waals surface area contributed by atoms with E-state index in [1.165, 1.54) is 24.8 Å². The fourth-order valence-electron chi connectivity index (χ4n) is 4.10. The van der Waals surface area contributed by atoms with Crippen molar-refractivity contribution < 1.29 is 0 Å². The van der Waals surface area contributed by atoms with Gasteiger partial charge in [-0.3, -0.25) is 10.1 Å². The molecule has 4 aromatic rings. The minimum absolute atomic E-state index is 0.278. The summed E-state index contributed by atoms with van der Waals surface area (Å²) in [5, 5.41) is 17.3. The minimum Gasteiger partial charge on any atom is -0.320 e. The van der Waals surface area contributed by atoms with E-state index in [0.29, 0.717) is 5.92 Å². The van der Waals surface area contributed by atoms with Crippen LogP contribution in [0.3, 0.4) is 0 Å². The molecule has 1 fully saturated rings. The van der Waals surface area contributed by atoms with Crippen LogP contribution in [0.4, 0.5) is 0 Å². The Balaban J connectivity index is 1.62. The zero-order chi connectivity index (χ0) is 18.4. The Hall–Kier alpha value is -3.02. The topological polar surface area (TPSA) is 72.3 Å². The van der Waals surface area contributed by atoms with Crippen LogP contribution in [-0.4, -0.2) is 29.9 Å². The van der Waals surface area contributed by atoms with Crippen molar-refractivity contribution in [1.82, 2.24) is 29.9 Å². The molecular formula is C21H22N6. The van der Waals surface area contributed by atoms with E-state index in [2.05, 4.69) is 60.3 Å². The number of nitrogens with one attached hydrogen (secondary N) is 1. The van der Waals surface area contributed by atoms with E-state index in [1.54, 1.807) is 6.33 Å². The third-order valence-electron chi connectivity index (χ3n) is 5.75. The molecule has 5 rings (SSSR count). The first-order chi connectivity index (χ1) is 13.2. The summed E-state index contributed by atoms with van der Waals surface area (Å²) in [6.07, 6.45) is 7.44. The van der Waals surface area contributed by atoms with Gasteiger partial charge in [-0.2, -0.15) is 5.10 Å². The summed E-state index contributed by atoms with van der Waals surface area (Å²) in [4.78, 5) is 4.36. The van der Waals surface area contributed by atoms with Crippen molar-refractivity contribution in [2.75, 3.05) is 0 Å². The normalized spacial score (nSPS) is 15.8. The summed E-state index contributed by atoms with van der Waals surface area (Å²) >= 11 is 0. The molecule has 0 saturated heterocycles. The molecule has 0 radical (unpaired) electrons. The summed E-state index contributed by atoms with van der Waals surface area (Å²) in [7, 11) is 2.03. The van der Waals surface area contributed by atoms with E-state index in [9.17, 15) is 0 Å². The highest BCUT2D eigenvalue weighted by Crippen LogP contribution is 2.43. The lowest BCUT2D eigenvalue weighted by Crippen LogP contribution is -2.23. The standard InChI is InChI=1S/C21H22N6/c1-13-9-17-18(11-22-13)24-25-20(17)16-8-4-7-15(10-16)19(14-5-3-6-14)21-26-23-12-27(21)2/h4,7-12,14,19H,3,5-6H2,1-2H3,(H,24,25)/t19-/m1/s1. The van der Waals surface area contributed by atoms with Gasteiger partial charge >= 0.3 is 0 Å². The second-order valence-electron chi connectivity index (χ2n) is 7.54. The predicted octanol–water partition coefficient (Wildman–Crippen LogP) is 3.99. The molecular weight excluding hydrogens is 336 g/mol. The number of pyridine rings is 1. The van der Waals surface area contributed by atoms with Gasteiger partial charge in [0, 0.05) is 29.6 Å². The van der Waals surface area contributed by atoms with Gasteiger partial charge in [0.25, 0.3) is 0 Å². The predicted molar refractivity (Wildman–Crippen MR) is 104 cm³/mol. The van der Waals surface area contributed by atoms with E-state index in [-0.39, 0.29) is 5.92 Å². The average Bonchev–Trinajstić information content (AvgIpc) is 3.24. The molecule has 136 valence electrons. The number of rotatable bonds is 4. The summed E-state index contributed by atoms with van der Waals surface area (Å²) in [5.74, 6) is 1.95. The minimum atomic E-state index is 0.278. The first kappa shape index (κ1) is 16.2. The molecule has 6 nitrogen and oxygen atoms in total. The Morgan fingerprint density at radius 3 is 2.85 bits per heavy atom. The number of aromatic amines is 1. The number of aryl methyl sites for hydroxylation is 2. The van der Waals surface area contributed by atoms with E-state index in [1.807, 2.05) is 20.2 Å². The quantitative estimate of drug-likeness (QED) is 0.599. The van der Waals surface area contributed by atoms with Crippen LogP contribution in [0.1, 0.15) is 42.3 Å². The van der Waals surface area contributed by atoms with E-state index in [4.69, 9.17) is 0 Å². The molecule has 3 heterocycles. The van der Waals surface area contributed by atoms with Gasteiger partial charge in [-0.25, -0.2) is 0 Å². The lowest BCUT2D eigenvalue weighted by molar-refractivity contribution is 0.274. The van der Waals surface area contributed by atoms with Crippen LogP contribution >= 0.6 is 0 Å². The second-order valence-corrected chi connectivity index (χ2v) is 7.54. The van der Waals surface area contributed by atoms with Gasteiger partial charge in [-0.1, -0.05) is 24.6 Å². The van der Waals surface area contributed by atoms with Gasteiger partial charge in [0.1, 0.15) is 17.8 Å². The Bertz CT molecular complexity index is 1100. The molecule has 6 heteroatoms. The number of H-pyrrole nitrogens is 1. The zero-order valence-electron chi connectivity index (χ0n) is 15.6. The van der Waals surface area contributed by atoms with Gasteiger partial charge in [-0.15, -0.1) is 10.2 Å². The van der Waals surface area contributed by atoms with Crippen LogP contribution in [-0.2, 0) is 7.05 Å². The van der Waals surface area contributed by atoms with Crippen LogP contribution in [0.15, 0.2) is 42.9 Å². The SMILES string of the molecule is Cc1cc2c(-c3cccc([C@H](c4nncn4C)C4CCC4)c3)n[nH]c2cn1. The Morgan fingerprint density at radius 2 is 2.11 bits per heavy atom. The van der Waals surface area contributed by atoms with E-state index in [0.717, 1.165) is 33.7 Å². The van der Waals surface area contributed by atoms with Crippen LogP contribution in [0.2, 0.25) is 0 Å². The van der Waals surface area contributed by atoms with Gasteiger partial charge in [0.05, 0.1) is 11.7 Å². The molecule has 0 spiro atoms. The van der Waals surface area contributed by atoms with Crippen molar-refractivity contribution in [1.29, 1.82) is 0 Å². The molecule has 1 N–H and O–H groups in total. The number of fused-ring (bicyclic) bond motifs is 1. The molecule has 27 heavy (non-hydrogen) atoms. The lowest BCUT2D eigenvalue weighted by Gasteiger charge is -2.33. The number of hydrogen-bond acceptors (Lipinski definition) is 4. The largest absolute Gasteiger partial charge is 0.320 e. The molecule has 1 aromatic carbocycles. The number of nitrogens with zero attached hydrogens (tertiary/aromatic N) is 5. The molecule has 0 aliphatic heterocycles. The van der Waals surface area contributed by atoms with Crippen molar-refractivity contribution in [2.24, 2.45) is 13.0 Å². The molecule has 1 aliphatic carbocycles.